The molecule has 0 aliphatic rings. The number of ether oxygens (including phenoxy) is 1. The van der Waals surface area contributed by atoms with Gasteiger partial charge in [0.1, 0.15) is 10.6 Å². The van der Waals surface area contributed by atoms with E-state index in [2.05, 4.69) is 10.1 Å². The first kappa shape index (κ1) is 12.9. The van der Waals surface area contributed by atoms with Crippen molar-refractivity contribution in [1.82, 2.24) is 15.3 Å². The maximum absolute atomic E-state index is 11.3. The third kappa shape index (κ3) is 3.14. The average molecular weight is 259 g/mol. The van der Waals surface area contributed by atoms with Crippen molar-refractivity contribution in [3.8, 4) is 5.88 Å². The molecular formula is C8H9N3O5S. The SMILES string of the molecule is CCOC(=O)NC(=S)c1c(O)[nH]c(=O)[nH]c1=O. The first-order valence-electron chi connectivity index (χ1n) is 4.49. The number of hydrogen-bond donors (Lipinski definition) is 4. The lowest BCUT2D eigenvalue weighted by molar-refractivity contribution is 0.158. The van der Waals surface area contributed by atoms with Gasteiger partial charge in [-0.15, -0.1) is 0 Å². The molecule has 0 aliphatic carbocycles. The highest BCUT2D eigenvalue weighted by atomic mass is 32.1. The fraction of sp³-hybridized carbons (Fsp3) is 0.250. The summed E-state index contributed by atoms with van der Waals surface area (Å²) in [6.07, 6.45) is -0.859. The second-order valence-corrected chi connectivity index (χ2v) is 3.21. The average Bonchev–Trinajstić information content (AvgIpc) is 2.15. The van der Waals surface area contributed by atoms with Gasteiger partial charge in [-0.3, -0.25) is 20.1 Å². The number of aromatic nitrogens is 2. The lowest BCUT2D eigenvalue weighted by Crippen LogP contribution is -2.36. The Morgan fingerprint density at radius 2 is 2.12 bits per heavy atom. The third-order valence-electron chi connectivity index (χ3n) is 1.64. The molecule has 0 bridgehead atoms. The summed E-state index contributed by atoms with van der Waals surface area (Å²) >= 11 is 4.72. The van der Waals surface area contributed by atoms with Gasteiger partial charge in [0, 0.05) is 0 Å². The molecule has 0 saturated carbocycles. The predicted octanol–water partition coefficient (Wildman–Crippen LogP) is -0.810. The molecule has 17 heavy (non-hydrogen) atoms. The second-order valence-electron chi connectivity index (χ2n) is 2.81. The Hall–Kier alpha value is -2.16. The minimum Gasteiger partial charge on any atom is -0.494 e. The van der Waals surface area contributed by atoms with Crippen molar-refractivity contribution in [1.29, 1.82) is 0 Å². The minimum absolute atomic E-state index is 0.127. The molecule has 92 valence electrons. The molecule has 0 saturated heterocycles. The van der Waals surface area contributed by atoms with E-state index in [0.717, 1.165) is 0 Å². The number of hydrogen-bond acceptors (Lipinski definition) is 6. The maximum Gasteiger partial charge on any atom is 0.412 e. The molecule has 4 N–H and O–H groups in total. The van der Waals surface area contributed by atoms with Crippen LogP contribution in [0.1, 0.15) is 12.5 Å². The van der Waals surface area contributed by atoms with Gasteiger partial charge in [-0.1, -0.05) is 12.2 Å². The molecular weight excluding hydrogens is 250 g/mol. The number of rotatable bonds is 2. The molecule has 8 nitrogen and oxygen atoms in total. The van der Waals surface area contributed by atoms with Crippen LogP contribution >= 0.6 is 12.2 Å². The Morgan fingerprint density at radius 3 is 2.65 bits per heavy atom. The molecule has 0 unspecified atom stereocenters. The monoisotopic (exact) mass is 259 g/mol. The predicted molar refractivity (Wildman–Crippen MR) is 61.2 cm³/mol. The molecule has 0 aromatic carbocycles. The third-order valence-corrected chi connectivity index (χ3v) is 1.95. The van der Waals surface area contributed by atoms with Gasteiger partial charge < -0.3 is 9.84 Å². The van der Waals surface area contributed by atoms with Gasteiger partial charge in [0.15, 0.2) is 0 Å². The van der Waals surface area contributed by atoms with Crippen LogP contribution in [0.5, 0.6) is 5.88 Å². The molecule has 0 radical (unpaired) electrons. The number of nitrogens with one attached hydrogen (secondary N) is 3. The smallest absolute Gasteiger partial charge is 0.412 e. The number of alkyl carbamates (subject to hydrolysis) is 1. The number of carbonyl (C=O) groups is 1. The summed E-state index contributed by atoms with van der Waals surface area (Å²) in [5.74, 6) is -0.722. The summed E-state index contributed by atoms with van der Waals surface area (Å²) in [6, 6.07) is 0. The van der Waals surface area contributed by atoms with Crippen LogP contribution in [0.4, 0.5) is 4.79 Å². The van der Waals surface area contributed by atoms with E-state index in [1.54, 1.807) is 6.92 Å². The summed E-state index contributed by atoms with van der Waals surface area (Å²) in [4.78, 5) is 36.6. The largest absolute Gasteiger partial charge is 0.494 e. The standard InChI is InChI=1S/C8H9N3O5S/c1-2-16-8(15)11-6(17)3-4(12)9-7(14)10-5(3)13/h2H2,1H3,(H,11,15,17)(H3,9,10,12,13,14). The van der Waals surface area contributed by atoms with Crippen molar-refractivity contribution in [2.24, 2.45) is 0 Å². The Morgan fingerprint density at radius 1 is 1.47 bits per heavy atom. The fourth-order valence-electron chi connectivity index (χ4n) is 1.01. The topological polar surface area (TPSA) is 124 Å². The van der Waals surface area contributed by atoms with E-state index in [0.29, 0.717) is 0 Å². The fourth-order valence-corrected chi connectivity index (χ4v) is 1.28. The summed E-state index contributed by atoms with van der Waals surface area (Å²) in [5.41, 5.74) is -2.20. The first-order chi connectivity index (χ1) is 7.95. The van der Waals surface area contributed by atoms with Gasteiger partial charge >= 0.3 is 11.8 Å². The van der Waals surface area contributed by atoms with E-state index in [-0.39, 0.29) is 11.6 Å². The quantitative estimate of drug-likeness (QED) is 0.515. The lowest BCUT2D eigenvalue weighted by Gasteiger charge is -2.06. The maximum atomic E-state index is 11.3. The summed E-state index contributed by atoms with van der Waals surface area (Å²) in [7, 11) is 0. The van der Waals surface area contributed by atoms with Crippen LogP contribution in [-0.2, 0) is 4.74 Å². The molecule has 1 amide bonds. The van der Waals surface area contributed by atoms with E-state index >= 15 is 0 Å². The Kier molecular flexibility index (Phi) is 3.99. The lowest BCUT2D eigenvalue weighted by atomic mass is 10.3. The van der Waals surface area contributed by atoms with Gasteiger partial charge in [-0.2, -0.15) is 0 Å². The van der Waals surface area contributed by atoms with Crippen molar-refractivity contribution in [2.75, 3.05) is 6.61 Å². The molecule has 1 heterocycles. The highest BCUT2D eigenvalue weighted by Gasteiger charge is 2.16. The first-order valence-corrected chi connectivity index (χ1v) is 4.90. The Bertz CT molecular complexity index is 561. The number of aromatic hydroxyl groups is 1. The van der Waals surface area contributed by atoms with Crippen molar-refractivity contribution in [3.63, 3.8) is 0 Å². The number of aromatic amines is 2. The van der Waals surface area contributed by atoms with Gasteiger partial charge in [0.25, 0.3) is 5.56 Å². The van der Waals surface area contributed by atoms with Crippen LogP contribution in [0.2, 0.25) is 0 Å². The van der Waals surface area contributed by atoms with E-state index in [1.807, 2.05) is 9.97 Å². The van der Waals surface area contributed by atoms with Crippen molar-refractivity contribution in [2.45, 2.75) is 6.92 Å². The summed E-state index contributed by atoms with van der Waals surface area (Å²) in [6.45, 7) is 1.72. The summed E-state index contributed by atoms with van der Waals surface area (Å²) in [5, 5.41) is 11.4. The van der Waals surface area contributed by atoms with Crippen molar-refractivity contribution < 1.29 is 14.6 Å². The van der Waals surface area contributed by atoms with E-state index in [4.69, 9.17) is 12.2 Å². The summed E-state index contributed by atoms with van der Waals surface area (Å²) < 4.78 is 4.53. The minimum atomic E-state index is -0.909. The van der Waals surface area contributed by atoms with Crippen LogP contribution in [0.15, 0.2) is 9.59 Å². The van der Waals surface area contributed by atoms with E-state index in [1.165, 1.54) is 0 Å². The van der Waals surface area contributed by atoms with Gasteiger partial charge in [-0.05, 0) is 6.92 Å². The molecule has 9 heteroatoms. The molecule has 0 atom stereocenters. The van der Waals surface area contributed by atoms with Crippen LogP contribution in [0, 0.1) is 0 Å². The zero-order valence-corrected chi connectivity index (χ0v) is 9.51. The van der Waals surface area contributed by atoms with Gasteiger partial charge in [0.2, 0.25) is 5.88 Å². The Balaban J connectivity index is 3.02. The molecule has 1 aromatic heterocycles. The van der Waals surface area contributed by atoms with Crippen LogP contribution in [-0.4, -0.2) is 32.8 Å². The zero-order valence-electron chi connectivity index (χ0n) is 8.70. The highest BCUT2D eigenvalue weighted by molar-refractivity contribution is 7.80. The number of carbonyl (C=O) groups excluding carboxylic acids is 1. The normalized spacial score (nSPS) is 9.71. The van der Waals surface area contributed by atoms with Gasteiger partial charge in [0.05, 0.1) is 6.61 Å². The van der Waals surface area contributed by atoms with Crippen molar-refractivity contribution in [3.05, 3.63) is 26.4 Å². The number of thiocarbonyl (C=S) groups is 1. The van der Waals surface area contributed by atoms with E-state index < -0.39 is 28.8 Å². The second kappa shape index (κ2) is 5.25. The van der Waals surface area contributed by atoms with Crippen LogP contribution in [0.25, 0.3) is 0 Å². The molecule has 0 fully saturated rings. The number of H-pyrrole nitrogens is 2. The molecule has 0 spiro atoms. The molecule has 1 aromatic rings. The molecule has 0 aliphatic heterocycles. The molecule has 1 rings (SSSR count). The Labute approximate surface area is 99.6 Å². The van der Waals surface area contributed by atoms with Gasteiger partial charge in [-0.25, -0.2) is 9.59 Å². The van der Waals surface area contributed by atoms with Crippen LogP contribution in [0.3, 0.4) is 0 Å². The van der Waals surface area contributed by atoms with E-state index in [9.17, 15) is 19.5 Å². The highest BCUT2D eigenvalue weighted by Crippen LogP contribution is 2.05. The van der Waals surface area contributed by atoms with Crippen LogP contribution < -0.4 is 16.6 Å². The van der Waals surface area contributed by atoms with Crippen molar-refractivity contribution >= 4 is 23.3 Å². The number of amides is 1. The zero-order chi connectivity index (χ0) is 13.0.